The van der Waals surface area contributed by atoms with E-state index >= 15 is 0 Å². The van der Waals surface area contributed by atoms with Crippen LogP contribution < -0.4 is 10.6 Å². The van der Waals surface area contributed by atoms with Crippen LogP contribution in [0.4, 0.5) is 14.9 Å². The van der Waals surface area contributed by atoms with Crippen molar-refractivity contribution in [2.75, 3.05) is 5.32 Å². The molecule has 0 aliphatic carbocycles. The van der Waals surface area contributed by atoms with Crippen LogP contribution in [0.15, 0.2) is 24.3 Å². The Morgan fingerprint density at radius 1 is 1.60 bits per heavy atom. The van der Waals surface area contributed by atoms with Gasteiger partial charge in [-0.25, -0.2) is 9.18 Å². The molecular weight excluding hydrogens is 197 g/mol. The summed E-state index contributed by atoms with van der Waals surface area (Å²) < 4.78 is 12.7. The summed E-state index contributed by atoms with van der Waals surface area (Å²) in [5.41, 5.74) is 0.345. The van der Waals surface area contributed by atoms with Crippen LogP contribution in [-0.4, -0.2) is 12.1 Å². The van der Waals surface area contributed by atoms with E-state index in [1.807, 2.05) is 6.07 Å². The molecule has 0 aromatic heterocycles. The van der Waals surface area contributed by atoms with Crippen LogP contribution in [0.3, 0.4) is 0 Å². The molecule has 2 amide bonds. The number of benzene rings is 1. The summed E-state index contributed by atoms with van der Waals surface area (Å²) in [6, 6.07) is 6.24. The summed E-state index contributed by atoms with van der Waals surface area (Å²) in [7, 11) is 0. The number of nitriles is 1. The summed E-state index contributed by atoms with van der Waals surface area (Å²) in [4.78, 5) is 11.2. The third-order valence-electron chi connectivity index (χ3n) is 1.62. The van der Waals surface area contributed by atoms with Gasteiger partial charge in [-0.1, -0.05) is 6.07 Å². The third-order valence-corrected chi connectivity index (χ3v) is 1.62. The quantitative estimate of drug-likeness (QED) is 0.777. The van der Waals surface area contributed by atoms with Gasteiger partial charge < -0.3 is 10.6 Å². The van der Waals surface area contributed by atoms with Crippen LogP contribution in [-0.2, 0) is 0 Å². The van der Waals surface area contributed by atoms with Gasteiger partial charge in [0.05, 0.1) is 6.07 Å². The highest BCUT2D eigenvalue weighted by Gasteiger charge is 2.05. The number of nitrogens with one attached hydrogen (secondary N) is 2. The molecule has 2 N–H and O–H groups in total. The number of halogens is 1. The molecule has 4 nitrogen and oxygen atoms in total. The van der Waals surface area contributed by atoms with Crippen LogP contribution >= 0.6 is 0 Å². The van der Waals surface area contributed by atoms with Crippen LogP contribution in [0.25, 0.3) is 0 Å². The number of amides is 2. The first kappa shape index (κ1) is 11.0. The van der Waals surface area contributed by atoms with Gasteiger partial charge in [0.15, 0.2) is 0 Å². The lowest BCUT2D eigenvalue weighted by Gasteiger charge is -2.08. The molecule has 0 radical (unpaired) electrons. The fourth-order valence-corrected chi connectivity index (χ4v) is 0.962. The molecule has 1 atom stereocenters. The Morgan fingerprint density at radius 2 is 2.33 bits per heavy atom. The van der Waals surface area contributed by atoms with Crippen LogP contribution in [0.1, 0.15) is 6.92 Å². The molecule has 1 rings (SSSR count). The van der Waals surface area contributed by atoms with Crippen molar-refractivity contribution < 1.29 is 9.18 Å². The summed E-state index contributed by atoms with van der Waals surface area (Å²) in [5.74, 6) is -0.430. The van der Waals surface area contributed by atoms with E-state index in [4.69, 9.17) is 5.26 Å². The van der Waals surface area contributed by atoms with E-state index in [9.17, 15) is 9.18 Å². The standard InChI is InChI=1S/C10H10FN3O/c1-7(6-12)13-10(15)14-9-4-2-3-8(11)5-9/h2-5,7H,1H3,(H2,13,14,15). The molecule has 0 heterocycles. The Kier molecular flexibility index (Phi) is 3.63. The largest absolute Gasteiger partial charge is 0.322 e. The van der Waals surface area contributed by atoms with Gasteiger partial charge in [0.1, 0.15) is 11.9 Å². The van der Waals surface area contributed by atoms with E-state index in [0.717, 1.165) is 0 Å². The molecule has 1 aromatic carbocycles. The smallest absolute Gasteiger partial charge is 0.320 e. The summed E-state index contributed by atoms with van der Waals surface area (Å²) in [6.45, 7) is 1.55. The number of anilines is 1. The van der Waals surface area contributed by atoms with E-state index in [2.05, 4.69) is 10.6 Å². The second-order valence-corrected chi connectivity index (χ2v) is 2.96. The molecular formula is C10H10FN3O. The van der Waals surface area contributed by atoms with E-state index in [0.29, 0.717) is 5.69 Å². The molecule has 0 saturated heterocycles. The van der Waals surface area contributed by atoms with Crippen molar-refractivity contribution in [2.45, 2.75) is 13.0 Å². The van der Waals surface area contributed by atoms with Crippen molar-refractivity contribution in [1.82, 2.24) is 5.32 Å². The lowest BCUT2D eigenvalue weighted by atomic mass is 10.3. The van der Waals surface area contributed by atoms with Gasteiger partial charge in [-0.3, -0.25) is 0 Å². The van der Waals surface area contributed by atoms with Crippen LogP contribution in [0.5, 0.6) is 0 Å². The SMILES string of the molecule is CC(C#N)NC(=O)Nc1cccc(F)c1. The van der Waals surface area contributed by atoms with Crippen molar-refractivity contribution >= 4 is 11.7 Å². The van der Waals surface area contributed by atoms with Gasteiger partial charge in [-0.15, -0.1) is 0 Å². The number of hydrogen-bond acceptors (Lipinski definition) is 2. The second-order valence-electron chi connectivity index (χ2n) is 2.96. The number of carbonyl (C=O) groups excluding carboxylic acids is 1. The maximum Gasteiger partial charge on any atom is 0.320 e. The number of urea groups is 1. The van der Waals surface area contributed by atoms with E-state index in [1.54, 1.807) is 13.0 Å². The minimum Gasteiger partial charge on any atom is -0.322 e. The first-order valence-corrected chi connectivity index (χ1v) is 4.34. The number of rotatable bonds is 2. The zero-order chi connectivity index (χ0) is 11.3. The van der Waals surface area contributed by atoms with E-state index < -0.39 is 17.9 Å². The molecule has 5 heteroatoms. The van der Waals surface area contributed by atoms with Crippen LogP contribution in [0, 0.1) is 17.1 Å². The van der Waals surface area contributed by atoms with Gasteiger partial charge in [-0.05, 0) is 25.1 Å². The second kappa shape index (κ2) is 4.96. The highest BCUT2D eigenvalue weighted by Crippen LogP contribution is 2.08. The zero-order valence-corrected chi connectivity index (χ0v) is 8.12. The minimum atomic E-state index is -0.585. The molecule has 0 aliphatic heterocycles. The predicted molar refractivity (Wildman–Crippen MR) is 53.6 cm³/mol. The normalized spacial score (nSPS) is 11.3. The fraction of sp³-hybridized carbons (Fsp3) is 0.200. The van der Waals surface area contributed by atoms with Crippen molar-refractivity contribution in [3.05, 3.63) is 30.1 Å². The predicted octanol–water partition coefficient (Wildman–Crippen LogP) is 1.86. The Labute approximate surface area is 86.7 Å². The first-order chi connectivity index (χ1) is 7.11. The molecule has 78 valence electrons. The molecule has 0 fully saturated rings. The lowest BCUT2D eigenvalue weighted by molar-refractivity contribution is 0.251. The topological polar surface area (TPSA) is 64.9 Å². The van der Waals surface area contributed by atoms with Crippen LogP contribution in [0.2, 0.25) is 0 Å². The molecule has 0 spiro atoms. The Morgan fingerprint density at radius 3 is 2.93 bits per heavy atom. The number of hydrogen-bond donors (Lipinski definition) is 2. The molecule has 0 aliphatic rings. The lowest BCUT2D eigenvalue weighted by Crippen LogP contribution is -2.35. The zero-order valence-electron chi connectivity index (χ0n) is 8.12. The van der Waals surface area contributed by atoms with Gasteiger partial charge >= 0.3 is 6.03 Å². The Hall–Kier alpha value is -2.09. The molecule has 15 heavy (non-hydrogen) atoms. The Balaban J connectivity index is 2.56. The van der Waals surface area contributed by atoms with Crippen molar-refractivity contribution in [2.24, 2.45) is 0 Å². The maximum absolute atomic E-state index is 12.7. The van der Waals surface area contributed by atoms with Crippen molar-refractivity contribution in [1.29, 1.82) is 5.26 Å². The van der Waals surface area contributed by atoms with Crippen molar-refractivity contribution in [3.8, 4) is 6.07 Å². The number of nitrogens with zero attached hydrogens (tertiary/aromatic N) is 1. The highest BCUT2D eigenvalue weighted by molar-refractivity contribution is 5.89. The van der Waals surface area contributed by atoms with Gasteiger partial charge in [0, 0.05) is 5.69 Å². The van der Waals surface area contributed by atoms with Gasteiger partial charge in [0.25, 0.3) is 0 Å². The summed E-state index contributed by atoms with van der Waals surface area (Å²) in [5, 5.41) is 13.2. The van der Waals surface area contributed by atoms with Gasteiger partial charge in [0.2, 0.25) is 0 Å². The average Bonchev–Trinajstić information content (AvgIpc) is 2.17. The molecule has 1 aromatic rings. The third kappa shape index (κ3) is 3.65. The molecule has 0 saturated carbocycles. The monoisotopic (exact) mass is 207 g/mol. The van der Waals surface area contributed by atoms with E-state index in [-0.39, 0.29) is 0 Å². The molecule has 1 unspecified atom stereocenters. The summed E-state index contributed by atoms with van der Waals surface area (Å²) >= 11 is 0. The van der Waals surface area contributed by atoms with E-state index in [1.165, 1.54) is 18.2 Å². The van der Waals surface area contributed by atoms with Gasteiger partial charge in [-0.2, -0.15) is 5.26 Å². The number of carbonyl (C=O) groups is 1. The fourth-order valence-electron chi connectivity index (χ4n) is 0.962. The highest BCUT2D eigenvalue weighted by atomic mass is 19.1. The summed E-state index contributed by atoms with van der Waals surface area (Å²) in [6.07, 6.45) is 0. The van der Waals surface area contributed by atoms with Crippen molar-refractivity contribution in [3.63, 3.8) is 0 Å². The minimum absolute atomic E-state index is 0.345. The first-order valence-electron chi connectivity index (χ1n) is 4.34. The Bertz CT molecular complexity index is 400. The maximum atomic E-state index is 12.7. The average molecular weight is 207 g/mol. The molecule has 0 bridgehead atoms.